The van der Waals surface area contributed by atoms with Crippen LogP contribution < -0.4 is 5.56 Å². The average Bonchev–Trinajstić information content (AvgIpc) is 2.37. The van der Waals surface area contributed by atoms with Crippen molar-refractivity contribution in [2.45, 2.75) is 44.6 Å². The molecule has 0 aliphatic heterocycles. The van der Waals surface area contributed by atoms with Gasteiger partial charge in [0.1, 0.15) is 0 Å². The second-order valence-electron chi connectivity index (χ2n) is 4.33. The molecule has 0 aromatic carbocycles. The molecule has 0 bridgehead atoms. The first kappa shape index (κ1) is 9.90. The predicted molar refractivity (Wildman–Crippen MR) is 59.6 cm³/mol. The topological polar surface area (TPSA) is 62.5 Å². The lowest BCUT2D eigenvalue weighted by molar-refractivity contribution is 0.155. The Morgan fingerprint density at radius 2 is 2.12 bits per heavy atom. The summed E-state index contributed by atoms with van der Waals surface area (Å²) in [7, 11) is 0. The van der Waals surface area contributed by atoms with Crippen molar-refractivity contribution in [3.63, 3.8) is 0 Å². The molecular formula is C12H17NO3. The zero-order chi connectivity index (χ0) is 12.4. The van der Waals surface area contributed by atoms with Crippen molar-refractivity contribution in [2.24, 2.45) is 0 Å². The molecule has 2 rings (SSSR count). The lowest BCUT2D eigenvalue weighted by Crippen LogP contribution is -2.24. The number of pyridine rings is 1. The van der Waals surface area contributed by atoms with Crippen molar-refractivity contribution in [3.05, 3.63) is 33.7 Å². The Balaban J connectivity index is 2.45. The zero-order valence-corrected chi connectivity index (χ0v) is 9.15. The van der Waals surface area contributed by atoms with Crippen LogP contribution in [0.2, 0.25) is 0 Å². The molecule has 4 nitrogen and oxygen atoms in total. The lowest BCUT2D eigenvalue weighted by atomic mass is 9.86. The maximum absolute atomic E-state index is 11.6. The summed E-state index contributed by atoms with van der Waals surface area (Å²) in [5.74, 6) is 0.160. The minimum Gasteiger partial charge on any atom is -0.425 e. The van der Waals surface area contributed by atoms with Gasteiger partial charge in [0.05, 0.1) is 13.7 Å². The highest BCUT2D eigenvalue weighted by Gasteiger charge is 2.19. The van der Waals surface area contributed by atoms with Crippen LogP contribution in [0.4, 0.5) is 0 Å². The Hall–Kier alpha value is -1.29. The second-order valence-corrected chi connectivity index (χ2v) is 4.33. The molecule has 1 aliphatic rings. The van der Waals surface area contributed by atoms with E-state index in [1.54, 1.807) is 6.07 Å². The lowest BCUT2D eigenvalue weighted by Gasteiger charge is -2.23. The van der Waals surface area contributed by atoms with Crippen LogP contribution >= 0.6 is 0 Å². The highest BCUT2D eigenvalue weighted by atomic mass is 16.5. The molecule has 0 atom stereocenters. The van der Waals surface area contributed by atoms with Crippen LogP contribution in [-0.2, 0) is 6.61 Å². The Bertz CT molecular complexity index is 464. The number of nitrogens with zero attached hydrogens (tertiary/aromatic N) is 1. The predicted octanol–water partition coefficient (Wildman–Crippen LogP) is 1.63. The van der Waals surface area contributed by atoms with Crippen molar-refractivity contribution >= 4 is 0 Å². The summed E-state index contributed by atoms with van der Waals surface area (Å²) in [4.78, 5) is 11.6. The summed E-state index contributed by atoms with van der Waals surface area (Å²) in [5, 5.41) is 18.9. The molecule has 1 aromatic rings. The summed E-state index contributed by atoms with van der Waals surface area (Å²) in [6.07, 6.45) is 5.27. The Labute approximate surface area is 95.5 Å². The third-order valence-corrected chi connectivity index (χ3v) is 3.22. The quantitative estimate of drug-likeness (QED) is 0.750. The number of aliphatic hydroxyl groups excluding tert-OH is 1. The molecule has 0 amide bonds. The van der Waals surface area contributed by atoms with Crippen molar-refractivity contribution in [1.82, 2.24) is 4.73 Å². The summed E-state index contributed by atoms with van der Waals surface area (Å²) in [6, 6.07) is 1.26. The van der Waals surface area contributed by atoms with Gasteiger partial charge in [0.25, 0.3) is 5.56 Å². The molecule has 1 aliphatic carbocycles. The van der Waals surface area contributed by atoms with Crippen LogP contribution in [0.25, 0.3) is 0 Å². The van der Waals surface area contributed by atoms with Crippen LogP contribution in [0.15, 0.2) is 16.9 Å². The van der Waals surface area contributed by atoms with E-state index in [4.69, 9.17) is 6.48 Å². The minimum absolute atomic E-state index is 0.160. The fourth-order valence-corrected chi connectivity index (χ4v) is 2.36. The normalized spacial score (nSPS) is 18.4. The van der Waals surface area contributed by atoms with Gasteiger partial charge in [0, 0.05) is 12.0 Å². The van der Waals surface area contributed by atoms with Gasteiger partial charge < -0.3 is 10.3 Å². The van der Waals surface area contributed by atoms with E-state index in [9.17, 15) is 10.0 Å². The van der Waals surface area contributed by atoms with Crippen LogP contribution in [0, 0.1) is 0 Å². The molecule has 0 spiro atoms. The third kappa shape index (κ3) is 2.11. The van der Waals surface area contributed by atoms with E-state index >= 15 is 0 Å². The van der Waals surface area contributed by atoms with Crippen LogP contribution in [0.1, 0.15) is 50.7 Å². The molecule has 1 saturated carbocycles. The highest BCUT2D eigenvalue weighted by molar-refractivity contribution is 5.20. The SMILES string of the molecule is [2H]c1c(CO)cc(C2CCCCC2)n(O)c1=O. The first-order valence-electron chi connectivity index (χ1n) is 6.20. The van der Waals surface area contributed by atoms with Gasteiger partial charge in [-0.15, -0.1) is 0 Å². The first-order chi connectivity index (χ1) is 8.15. The van der Waals surface area contributed by atoms with E-state index in [2.05, 4.69) is 0 Å². The summed E-state index contributed by atoms with van der Waals surface area (Å²) >= 11 is 0. The van der Waals surface area contributed by atoms with Crippen LogP contribution in [0.3, 0.4) is 0 Å². The maximum atomic E-state index is 11.6. The van der Waals surface area contributed by atoms with Gasteiger partial charge in [-0.25, -0.2) is 0 Å². The standard InChI is InChI=1S/C12H17NO3/c14-8-9-6-11(13(16)12(15)7-9)10-4-2-1-3-5-10/h6-7,10,14,16H,1-5,8H2/i7D. The van der Waals surface area contributed by atoms with Crippen molar-refractivity contribution in [1.29, 1.82) is 0 Å². The van der Waals surface area contributed by atoms with Gasteiger partial charge in [-0.05, 0) is 24.5 Å². The fourth-order valence-electron chi connectivity index (χ4n) is 2.36. The van der Waals surface area contributed by atoms with Crippen LogP contribution in [0.5, 0.6) is 0 Å². The van der Waals surface area contributed by atoms with Gasteiger partial charge in [-0.2, -0.15) is 4.73 Å². The van der Waals surface area contributed by atoms with Gasteiger partial charge in [0.2, 0.25) is 0 Å². The van der Waals surface area contributed by atoms with E-state index in [0.717, 1.165) is 25.7 Å². The molecule has 88 valence electrons. The van der Waals surface area contributed by atoms with Gasteiger partial charge in [-0.1, -0.05) is 19.3 Å². The zero-order valence-electron chi connectivity index (χ0n) is 10.1. The number of aromatic nitrogens is 1. The van der Waals surface area contributed by atoms with Gasteiger partial charge >= 0.3 is 0 Å². The van der Waals surface area contributed by atoms with E-state index in [0.29, 0.717) is 16.0 Å². The van der Waals surface area contributed by atoms with Gasteiger partial charge in [-0.3, -0.25) is 4.79 Å². The molecule has 0 unspecified atom stereocenters. The summed E-state index contributed by atoms with van der Waals surface area (Å²) in [5.41, 5.74) is 0.0905. The number of hydrogen-bond donors (Lipinski definition) is 2. The van der Waals surface area contributed by atoms with Crippen molar-refractivity contribution in [2.75, 3.05) is 0 Å². The molecule has 1 fully saturated rings. The highest BCUT2D eigenvalue weighted by Crippen LogP contribution is 2.31. The maximum Gasteiger partial charge on any atom is 0.283 e. The van der Waals surface area contributed by atoms with Gasteiger partial charge in [0.15, 0.2) is 0 Å². The van der Waals surface area contributed by atoms with Crippen molar-refractivity contribution < 1.29 is 11.7 Å². The Morgan fingerprint density at radius 1 is 1.44 bits per heavy atom. The smallest absolute Gasteiger partial charge is 0.283 e. The molecule has 1 heterocycles. The number of aliphatic hydroxyl groups is 1. The summed E-state index contributed by atoms with van der Waals surface area (Å²) < 4.78 is 8.07. The fraction of sp³-hybridized carbons (Fsp3) is 0.583. The summed E-state index contributed by atoms with van der Waals surface area (Å²) in [6.45, 7) is -0.339. The molecule has 2 N–H and O–H groups in total. The minimum atomic E-state index is -0.739. The average molecular weight is 224 g/mol. The molecule has 0 radical (unpaired) electrons. The van der Waals surface area contributed by atoms with E-state index in [-0.39, 0.29) is 18.6 Å². The second kappa shape index (κ2) is 4.70. The Kier molecular flexibility index (Phi) is 2.91. The van der Waals surface area contributed by atoms with Crippen molar-refractivity contribution in [3.8, 4) is 0 Å². The molecule has 16 heavy (non-hydrogen) atoms. The monoisotopic (exact) mass is 224 g/mol. The van der Waals surface area contributed by atoms with E-state index < -0.39 is 5.56 Å². The number of rotatable bonds is 2. The largest absolute Gasteiger partial charge is 0.425 e. The van der Waals surface area contributed by atoms with E-state index in [1.165, 1.54) is 6.42 Å². The molecule has 0 saturated heterocycles. The van der Waals surface area contributed by atoms with E-state index in [1.807, 2.05) is 0 Å². The number of hydrogen-bond acceptors (Lipinski definition) is 3. The molecule has 1 aromatic heterocycles. The van der Waals surface area contributed by atoms with Crippen LogP contribution in [-0.4, -0.2) is 15.0 Å². The third-order valence-electron chi connectivity index (χ3n) is 3.22. The molecular weight excluding hydrogens is 206 g/mol. The Morgan fingerprint density at radius 3 is 2.75 bits per heavy atom. The first-order valence-corrected chi connectivity index (χ1v) is 5.70. The molecule has 4 heteroatoms.